The summed E-state index contributed by atoms with van der Waals surface area (Å²) < 4.78 is 12.3. The van der Waals surface area contributed by atoms with Crippen molar-refractivity contribution in [2.75, 3.05) is 25.3 Å². The Balaban J connectivity index is 1.58. The minimum Gasteiger partial charge on any atom is -0.493 e. The lowest BCUT2D eigenvalue weighted by Gasteiger charge is -2.09. The van der Waals surface area contributed by atoms with Gasteiger partial charge in [0.1, 0.15) is 0 Å². The first kappa shape index (κ1) is 26.8. The van der Waals surface area contributed by atoms with E-state index >= 15 is 0 Å². The van der Waals surface area contributed by atoms with Gasteiger partial charge in [-0.25, -0.2) is 0 Å². The van der Waals surface area contributed by atoms with Gasteiger partial charge in [-0.15, -0.1) is 16.8 Å². The van der Waals surface area contributed by atoms with Crippen LogP contribution in [0.15, 0.2) is 66.4 Å². The molecule has 1 aromatic heterocycles. The van der Waals surface area contributed by atoms with Gasteiger partial charge < -0.3 is 24.7 Å². The van der Waals surface area contributed by atoms with Crippen LogP contribution in [0, 0.1) is 0 Å². The lowest BCUT2D eigenvalue weighted by atomic mass is 10.2. The third-order valence-corrected chi connectivity index (χ3v) is 6.14. The fourth-order valence-corrected chi connectivity index (χ4v) is 4.05. The van der Waals surface area contributed by atoms with Gasteiger partial charge >= 0.3 is 0 Å². The Bertz CT molecular complexity index is 1260. The van der Waals surface area contributed by atoms with Gasteiger partial charge in [-0.05, 0) is 35.9 Å². The van der Waals surface area contributed by atoms with Crippen molar-refractivity contribution in [2.45, 2.75) is 18.2 Å². The third kappa shape index (κ3) is 7.37. The summed E-state index contributed by atoms with van der Waals surface area (Å²) in [6.45, 7) is 4.35. The highest BCUT2D eigenvalue weighted by Crippen LogP contribution is 2.28. The van der Waals surface area contributed by atoms with E-state index in [4.69, 9.17) is 21.1 Å². The van der Waals surface area contributed by atoms with Gasteiger partial charge in [0.2, 0.25) is 11.8 Å². The molecule has 2 aromatic carbocycles. The molecule has 11 heteroatoms. The standard InChI is InChI=1S/C25H26ClN5O4S/c1-4-13-31-22(15-27-23(32)12-10-17-9-11-20(34-2)21(14-17)35-3)29-30-25(31)36-16-24(33)28-19-8-6-5-7-18(19)26/h4-12,14H,1,13,15-16H2,2-3H3,(H,27,32)(H,28,33). The molecule has 1 heterocycles. The lowest BCUT2D eigenvalue weighted by Crippen LogP contribution is -2.23. The molecular formula is C25H26ClN5O4S. The van der Waals surface area contributed by atoms with Crippen LogP contribution in [0.4, 0.5) is 5.69 Å². The molecule has 3 rings (SSSR count). The molecule has 2 amide bonds. The monoisotopic (exact) mass is 527 g/mol. The number of methoxy groups -OCH3 is 2. The molecule has 0 saturated heterocycles. The second-order valence-corrected chi connectivity index (χ2v) is 8.63. The summed E-state index contributed by atoms with van der Waals surface area (Å²) in [5, 5.41) is 14.9. The molecule has 0 spiro atoms. The summed E-state index contributed by atoms with van der Waals surface area (Å²) >= 11 is 7.32. The number of amides is 2. The molecule has 0 unspecified atom stereocenters. The van der Waals surface area contributed by atoms with Crippen LogP contribution in [0.2, 0.25) is 5.02 Å². The number of anilines is 1. The maximum atomic E-state index is 12.4. The van der Waals surface area contributed by atoms with Gasteiger partial charge in [0, 0.05) is 12.6 Å². The first-order chi connectivity index (χ1) is 17.4. The Morgan fingerprint density at radius 3 is 2.64 bits per heavy atom. The van der Waals surface area contributed by atoms with E-state index in [1.54, 1.807) is 67.3 Å². The first-order valence-corrected chi connectivity index (χ1v) is 12.2. The van der Waals surface area contributed by atoms with Crippen molar-refractivity contribution in [2.24, 2.45) is 0 Å². The minimum atomic E-state index is -0.300. The zero-order valence-corrected chi connectivity index (χ0v) is 21.4. The Morgan fingerprint density at radius 2 is 1.92 bits per heavy atom. The van der Waals surface area contributed by atoms with Crippen molar-refractivity contribution in [3.8, 4) is 11.5 Å². The molecule has 0 atom stereocenters. The highest BCUT2D eigenvalue weighted by atomic mass is 35.5. The Morgan fingerprint density at radius 1 is 1.14 bits per heavy atom. The van der Waals surface area contributed by atoms with Crippen molar-refractivity contribution in [1.29, 1.82) is 0 Å². The average molecular weight is 528 g/mol. The Kier molecular flexibility index (Phi) is 9.96. The highest BCUT2D eigenvalue weighted by Gasteiger charge is 2.14. The maximum Gasteiger partial charge on any atom is 0.244 e. The van der Waals surface area contributed by atoms with Crippen LogP contribution in [0.5, 0.6) is 11.5 Å². The minimum absolute atomic E-state index is 0.112. The van der Waals surface area contributed by atoms with Gasteiger partial charge in [-0.1, -0.05) is 47.6 Å². The van der Waals surface area contributed by atoms with E-state index in [1.165, 1.54) is 17.8 Å². The zero-order chi connectivity index (χ0) is 25.9. The quantitative estimate of drug-likeness (QED) is 0.206. The molecule has 0 aliphatic heterocycles. The van der Waals surface area contributed by atoms with Crippen molar-refractivity contribution < 1.29 is 19.1 Å². The molecule has 0 fully saturated rings. The van der Waals surface area contributed by atoms with E-state index in [2.05, 4.69) is 27.4 Å². The summed E-state index contributed by atoms with van der Waals surface area (Å²) in [5.74, 6) is 1.30. The zero-order valence-electron chi connectivity index (χ0n) is 19.9. The van der Waals surface area contributed by atoms with Crippen molar-refractivity contribution in [3.05, 3.63) is 77.6 Å². The fourth-order valence-electron chi connectivity index (χ4n) is 3.10. The number of aromatic nitrogens is 3. The summed E-state index contributed by atoms with van der Waals surface area (Å²) in [6, 6.07) is 12.4. The number of rotatable bonds is 12. The van der Waals surface area contributed by atoms with E-state index in [0.717, 1.165) is 5.56 Å². The normalized spacial score (nSPS) is 10.8. The number of benzene rings is 2. The molecule has 0 saturated carbocycles. The van der Waals surface area contributed by atoms with Gasteiger partial charge in [-0.2, -0.15) is 0 Å². The average Bonchev–Trinajstić information content (AvgIpc) is 3.27. The smallest absolute Gasteiger partial charge is 0.244 e. The number of hydrogen-bond acceptors (Lipinski definition) is 7. The van der Waals surface area contributed by atoms with Crippen molar-refractivity contribution in [3.63, 3.8) is 0 Å². The summed E-state index contributed by atoms with van der Waals surface area (Å²) in [5.41, 5.74) is 1.33. The molecule has 9 nitrogen and oxygen atoms in total. The van der Waals surface area contributed by atoms with Crippen molar-refractivity contribution in [1.82, 2.24) is 20.1 Å². The number of halogens is 1. The van der Waals surface area contributed by atoms with Crippen LogP contribution in [0.25, 0.3) is 6.08 Å². The third-order valence-electron chi connectivity index (χ3n) is 4.84. The van der Waals surface area contributed by atoms with E-state index in [9.17, 15) is 9.59 Å². The highest BCUT2D eigenvalue weighted by molar-refractivity contribution is 7.99. The van der Waals surface area contributed by atoms with E-state index < -0.39 is 0 Å². The molecule has 0 bridgehead atoms. The second kappa shape index (κ2) is 13.4. The van der Waals surface area contributed by atoms with Gasteiger partial charge in [0.15, 0.2) is 22.5 Å². The molecule has 0 aliphatic rings. The number of carbonyl (C=O) groups is 2. The molecule has 3 aromatic rings. The van der Waals surface area contributed by atoms with Crippen LogP contribution in [-0.2, 0) is 22.7 Å². The summed E-state index contributed by atoms with van der Waals surface area (Å²) in [4.78, 5) is 24.7. The molecule has 0 radical (unpaired) electrons. The number of thioether (sulfide) groups is 1. The van der Waals surface area contributed by atoms with Gasteiger partial charge in [0.25, 0.3) is 0 Å². The molecule has 2 N–H and O–H groups in total. The van der Waals surface area contributed by atoms with E-state index in [0.29, 0.717) is 39.7 Å². The largest absolute Gasteiger partial charge is 0.493 e. The molecule has 0 aliphatic carbocycles. The fraction of sp³-hybridized carbons (Fsp3) is 0.200. The van der Waals surface area contributed by atoms with Crippen LogP contribution < -0.4 is 20.1 Å². The number of nitrogens with zero attached hydrogens (tertiary/aromatic N) is 3. The van der Waals surface area contributed by atoms with Gasteiger partial charge in [0.05, 0.1) is 37.2 Å². The Labute approximate surface area is 218 Å². The SMILES string of the molecule is C=CCn1c(CNC(=O)C=Cc2ccc(OC)c(OC)c2)nnc1SCC(=O)Nc1ccccc1Cl. The number of para-hydroxylation sites is 1. The first-order valence-electron chi connectivity index (χ1n) is 10.8. The number of hydrogen-bond donors (Lipinski definition) is 2. The Hall–Kier alpha value is -3.76. The predicted octanol–water partition coefficient (Wildman–Crippen LogP) is 4.20. The summed E-state index contributed by atoms with van der Waals surface area (Å²) in [7, 11) is 3.11. The topological polar surface area (TPSA) is 107 Å². The van der Waals surface area contributed by atoms with Crippen LogP contribution in [0.3, 0.4) is 0 Å². The molecule has 188 valence electrons. The number of allylic oxidation sites excluding steroid dienone is 1. The van der Waals surface area contributed by atoms with E-state index in [-0.39, 0.29) is 24.1 Å². The lowest BCUT2D eigenvalue weighted by molar-refractivity contribution is -0.116. The summed E-state index contributed by atoms with van der Waals surface area (Å²) in [6.07, 6.45) is 4.79. The maximum absolute atomic E-state index is 12.4. The van der Waals surface area contributed by atoms with E-state index in [1.807, 2.05) is 6.07 Å². The van der Waals surface area contributed by atoms with Crippen LogP contribution in [0.1, 0.15) is 11.4 Å². The van der Waals surface area contributed by atoms with Gasteiger partial charge in [-0.3, -0.25) is 9.59 Å². The second-order valence-electron chi connectivity index (χ2n) is 7.28. The van der Waals surface area contributed by atoms with Crippen LogP contribution >= 0.6 is 23.4 Å². The van der Waals surface area contributed by atoms with Crippen LogP contribution in [-0.4, -0.2) is 46.6 Å². The number of carbonyl (C=O) groups excluding carboxylic acids is 2. The van der Waals surface area contributed by atoms with Crippen molar-refractivity contribution >= 4 is 46.9 Å². The number of nitrogens with one attached hydrogen (secondary N) is 2. The molecular weight excluding hydrogens is 502 g/mol. The molecule has 36 heavy (non-hydrogen) atoms. The predicted molar refractivity (Wildman–Crippen MR) is 141 cm³/mol. The number of ether oxygens (including phenoxy) is 2.